The van der Waals surface area contributed by atoms with Crippen LogP contribution in [0.15, 0.2) is 64.5 Å². The van der Waals surface area contributed by atoms with Crippen LogP contribution in [0.2, 0.25) is 5.02 Å². The van der Waals surface area contributed by atoms with E-state index < -0.39 is 0 Å². The monoisotopic (exact) mass is 464 g/mol. The lowest BCUT2D eigenvalue weighted by Gasteiger charge is -2.27. The van der Waals surface area contributed by atoms with Crippen LogP contribution in [-0.4, -0.2) is 42.1 Å². The van der Waals surface area contributed by atoms with Crippen molar-refractivity contribution in [3.63, 3.8) is 0 Å². The van der Waals surface area contributed by atoms with Gasteiger partial charge in [0.05, 0.1) is 5.69 Å². The molecule has 164 valence electrons. The zero-order chi connectivity index (χ0) is 21.8. The summed E-state index contributed by atoms with van der Waals surface area (Å²) in [5.41, 5.74) is 4.54. The summed E-state index contributed by atoms with van der Waals surface area (Å²) in [4.78, 5) is 16.4. The van der Waals surface area contributed by atoms with Gasteiger partial charge in [-0.3, -0.25) is 4.99 Å². The quantitative estimate of drug-likeness (QED) is 0.520. The van der Waals surface area contributed by atoms with Crippen LogP contribution in [0.1, 0.15) is 18.4 Å². The summed E-state index contributed by atoms with van der Waals surface area (Å²) in [6, 6.07) is 14.3. The van der Waals surface area contributed by atoms with E-state index >= 15 is 0 Å². The van der Waals surface area contributed by atoms with Crippen molar-refractivity contribution in [3.05, 3.63) is 70.1 Å². The minimum atomic E-state index is 0.783. The van der Waals surface area contributed by atoms with Crippen LogP contribution in [0.4, 0.5) is 10.9 Å². The maximum absolute atomic E-state index is 6.00. The maximum Gasteiger partial charge on any atom is 0.197 e. The van der Waals surface area contributed by atoms with Crippen LogP contribution in [0.3, 0.4) is 0 Å². The molecule has 0 aliphatic carbocycles. The van der Waals surface area contributed by atoms with Gasteiger partial charge in [-0.05, 0) is 49.1 Å². The second kappa shape index (κ2) is 9.71. The average Bonchev–Trinajstić information content (AvgIpc) is 3.30. The molecule has 4 heterocycles. The molecule has 0 unspecified atom stereocenters. The van der Waals surface area contributed by atoms with Crippen LogP contribution >= 0.6 is 22.9 Å². The molecule has 0 saturated heterocycles. The largest absolute Gasteiger partial charge is 0.356 e. The van der Waals surface area contributed by atoms with Gasteiger partial charge < -0.3 is 15.5 Å². The standard InChI is InChI=1S/C24H25ClN6S/c25-19-7-5-17(6-8-19)15-18-9-13-31(14-10-18)22-4-1-3-20(28-22)21-16-32-24(29-21)30-23-26-11-2-12-27-23/h1,3-9,16H,2,10-15H2,(H2,26,27,29,30). The first kappa shape index (κ1) is 21.0. The average molecular weight is 465 g/mol. The number of hydrogen-bond acceptors (Lipinski definition) is 7. The van der Waals surface area contributed by atoms with Gasteiger partial charge in [0.2, 0.25) is 0 Å². The molecule has 0 spiro atoms. The number of hydrogen-bond donors (Lipinski definition) is 2. The van der Waals surface area contributed by atoms with Crippen LogP contribution in [0, 0.1) is 0 Å². The summed E-state index contributed by atoms with van der Waals surface area (Å²) in [6.07, 6.45) is 5.41. The molecule has 32 heavy (non-hydrogen) atoms. The molecule has 0 amide bonds. The van der Waals surface area contributed by atoms with Gasteiger partial charge in [-0.1, -0.05) is 41.4 Å². The third kappa shape index (κ3) is 5.11. The Morgan fingerprint density at radius 1 is 1.09 bits per heavy atom. The molecule has 1 aromatic carbocycles. The smallest absolute Gasteiger partial charge is 0.197 e. The van der Waals surface area contributed by atoms with E-state index in [1.165, 1.54) is 11.1 Å². The highest BCUT2D eigenvalue weighted by atomic mass is 35.5. The van der Waals surface area contributed by atoms with Gasteiger partial charge in [0.1, 0.15) is 11.5 Å². The second-order valence-corrected chi connectivity index (χ2v) is 9.21. The number of rotatable bonds is 5. The van der Waals surface area contributed by atoms with Crippen molar-refractivity contribution < 1.29 is 0 Å². The Morgan fingerprint density at radius 3 is 2.78 bits per heavy atom. The summed E-state index contributed by atoms with van der Waals surface area (Å²) in [6.45, 7) is 3.63. The van der Waals surface area contributed by atoms with Crippen molar-refractivity contribution in [2.24, 2.45) is 4.99 Å². The van der Waals surface area contributed by atoms with Gasteiger partial charge in [0.25, 0.3) is 0 Å². The molecule has 0 fully saturated rings. The third-order valence-corrected chi connectivity index (χ3v) is 6.60. The maximum atomic E-state index is 6.00. The molecular weight excluding hydrogens is 440 g/mol. The molecule has 5 rings (SSSR count). The van der Waals surface area contributed by atoms with Crippen molar-refractivity contribution in [1.82, 2.24) is 15.3 Å². The molecule has 2 aromatic heterocycles. The predicted molar refractivity (Wildman–Crippen MR) is 134 cm³/mol. The molecule has 0 saturated carbocycles. The highest BCUT2D eigenvalue weighted by Crippen LogP contribution is 2.27. The zero-order valence-corrected chi connectivity index (χ0v) is 19.3. The van der Waals surface area contributed by atoms with Crippen molar-refractivity contribution in [3.8, 4) is 11.4 Å². The SMILES string of the molecule is Clc1ccc(CC2=CCN(c3cccc(-c4csc(NC5=NCCCN5)n4)n3)CC2)cc1. The van der Waals surface area contributed by atoms with Gasteiger partial charge in [-0.15, -0.1) is 11.3 Å². The molecule has 6 nitrogen and oxygen atoms in total. The first-order valence-electron chi connectivity index (χ1n) is 10.9. The van der Waals surface area contributed by atoms with E-state index in [1.807, 2.05) is 23.6 Å². The molecule has 2 N–H and O–H groups in total. The number of nitrogens with zero attached hydrogens (tertiary/aromatic N) is 4. The van der Waals surface area contributed by atoms with Gasteiger partial charge in [0.15, 0.2) is 11.1 Å². The van der Waals surface area contributed by atoms with Gasteiger partial charge in [-0.25, -0.2) is 9.97 Å². The number of nitrogens with one attached hydrogen (secondary N) is 2. The highest BCUT2D eigenvalue weighted by molar-refractivity contribution is 7.14. The van der Waals surface area contributed by atoms with Crippen molar-refractivity contribution >= 4 is 39.8 Å². The molecule has 0 bridgehead atoms. The van der Waals surface area contributed by atoms with Crippen molar-refractivity contribution in [2.45, 2.75) is 19.3 Å². The first-order chi connectivity index (χ1) is 15.7. The van der Waals surface area contributed by atoms with Gasteiger partial charge in [0, 0.05) is 36.6 Å². The molecule has 2 aliphatic rings. The normalized spacial score (nSPS) is 16.2. The Kier molecular flexibility index (Phi) is 6.36. The lowest BCUT2D eigenvalue weighted by Crippen LogP contribution is -2.35. The molecular formula is C24H25ClN6S. The fraction of sp³-hybridized carbons (Fsp3) is 0.292. The summed E-state index contributed by atoms with van der Waals surface area (Å²) >= 11 is 7.57. The fourth-order valence-corrected chi connectivity index (χ4v) is 4.68. The summed E-state index contributed by atoms with van der Waals surface area (Å²) in [7, 11) is 0. The van der Waals surface area contributed by atoms with E-state index in [0.29, 0.717) is 0 Å². The molecule has 0 radical (unpaired) electrons. The Labute approximate surface area is 197 Å². The Morgan fingerprint density at radius 2 is 2.00 bits per heavy atom. The van der Waals surface area contributed by atoms with Gasteiger partial charge in [-0.2, -0.15) is 0 Å². The number of halogens is 1. The van der Waals surface area contributed by atoms with E-state index in [2.05, 4.69) is 50.9 Å². The van der Waals surface area contributed by atoms with Crippen LogP contribution in [-0.2, 0) is 6.42 Å². The second-order valence-electron chi connectivity index (χ2n) is 7.92. The Bertz CT molecular complexity index is 1140. The molecule has 2 aliphatic heterocycles. The third-order valence-electron chi connectivity index (χ3n) is 5.60. The predicted octanol–water partition coefficient (Wildman–Crippen LogP) is 5.00. The fourth-order valence-electron chi connectivity index (χ4n) is 3.85. The summed E-state index contributed by atoms with van der Waals surface area (Å²) in [5.74, 6) is 1.79. The van der Waals surface area contributed by atoms with E-state index in [-0.39, 0.29) is 0 Å². The minimum absolute atomic E-state index is 0.783. The molecule has 8 heteroatoms. The van der Waals surface area contributed by atoms with Crippen LogP contribution in [0.5, 0.6) is 0 Å². The highest BCUT2D eigenvalue weighted by Gasteiger charge is 2.15. The topological polar surface area (TPSA) is 65.4 Å². The number of aromatic nitrogens is 2. The van der Waals surface area contributed by atoms with E-state index in [0.717, 1.165) is 78.8 Å². The lowest BCUT2D eigenvalue weighted by molar-refractivity contribution is 0.740. The Balaban J connectivity index is 1.24. The zero-order valence-electron chi connectivity index (χ0n) is 17.7. The number of benzene rings is 1. The van der Waals surface area contributed by atoms with Crippen LogP contribution < -0.4 is 15.5 Å². The summed E-state index contributed by atoms with van der Waals surface area (Å²) < 4.78 is 0. The van der Waals surface area contributed by atoms with Gasteiger partial charge >= 0.3 is 0 Å². The summed E-state index contributed by atoms with van der Waals surface area (Å²) in [5, 5.41) is 10.2. The van der Waals surface area contributed by atoms with E-state index in [1.54, 1.807) is 11.3 Å². The van der Waals surface area contributed by atoms with Crippen molar-refractivity contribution in [2.75, 3.05) is 36.4 Å². The number of guanidine groups is 1. The number of pyridine rings is 1. The minimum Gasteiger partial charge on any atom is -0.356 e. The van der Waals surface area contributed by atoms with E-state index in [9.17, 15) is 0 Å². The molecule has 3 aromatic rings. The van der Waals surface area contributed by atoms with Crippen molar-refractivity contribution in [1.29, 1.82) is 0 Å². The number of anilines is 2. The van der Waals surface area contributed by atoms with Crippen LogP contribution in [0.25, 0.3) is 11.4 Å². The number of thiazole rings is 1. The molecule has 0 atom stereocenters. The van der Waals surface area contributed by atoms with E-state index in [4.69, 9.17) is 21.6 Å². The number of aliphatic imine (C=N–C) groups is 1. The lowest BCUT2D eigenvalue weighted by atomic mass is 9.99. The Hall–Kier alpha value is -2.90. The first-order valence-corrected chi connectivity index (χ1v) is 12.1.